The minimum absolute atomic E-state index is 0.0333. The summed E-state index contributed by atoms with van der Waals surface area (Å²) in [6, 6.07) is 8.77. The van der Waals surface area contributed by atoms with E-state index in [0.29, 0.717) is 6.04 Å². The smallest absolute Gasteiger partial charge is 0.323 e. The van der Waals surface area contributed by atoms with Crippen LogP contribution in [0.4, 0.5) is 5.13 Å². The number of nitrogens with zero attached hydrogens (tertiary/aromatic N) is 3. The number of hydrogen-bond acceptors (Lipinski definition) is 6. The molecule has 1 aromatic carbocycles. The van der Waals surface area contributed by atoms with Crippen molar-refractivity contribution in [1.29, 1.82) is 0 Å². The average molecular weight is 345 g/mol. The summed E-state index contributed by atoms with van der Waals surface area (Å²) in [6.45, 7) is 3.04. The molecule has 4 rings (SSSR count). The van der Waals surface area contributed by atoms with Crippen LogP contribution < -0.4 is 4.90 Å². The highest BCUT2D eigenvalue weighted by Gasteiger charge is 2.37. The third kappa shape index (κ3) is 2.89. The van der Waals surface area contributed by atoms with E-state index in [9.17, 15) is 4.79 Å². The van der Waals surface area contributed by atoms with Gasteiger partial charge < -0.3 is 9.64 Å². The van der Waals surface area contributed by atoms with Crippen molar-refractivity contribution < 1.29 is 9.53 Å². The number of thiazole rings is 1. The molecule has 2 aromatic rings. The molecule has 0 amide bonds. The number of esters is 1. The van der Waals surface area contributed by atoms with Crippen molar-refractivity contribution in [3.8, 4) is 0 Å². The van der Waals surface area contributed by atoms with Gasteiger partial charge in [-0.3, -0.25) is 9.69 Å². The number of hydrogen-bond donors (Lipinski definition) is 0. The first-order chi connectivity index (χ1) is 11.8. The van der Waals surface area contributed by atoms with Gasteiger partial charge in [-0.25, -0.2) is 4.98 Å². The Labute approximate surface area is 146 Å². The summed E-state index contributed by atoms with van der Waals surface area (Å²) >= 11 is 1.77. The van der Waals surface area contributed by atoms with Crippen LogP contribution in [-0.2, 0) is 9.53 Å². The Morgan fingerprint density at radius 1 is 1.21 bits per heavy atom. The van der Waals surface area contributed by atoms with E-state index < -0.39 is 0 Å². The number of benzene rings is 1. The lowest BCUT2D eigenvalue weighted by Crippen LogP contribution is -2.49. The molecule has 2 aliphatic heterocycles. The number of ether oxygens (including phenoxy) is 1. The molecule has 0 saturated carbocycles. The van der Waals surface area contributed by atoms with E-state index >= 15 is 0 Å². The first-order valence-electron chi connectivity index (χ1n) is 8.70. The SMILES string of the molecule is COC(=O)[C@@H]1CCCN1C1CCN(c2nc3ccccc3s2)CC1. The van der Waals surface area contributed by atoms with Crippen molar-refractivity contribution >= 4 is 32.7 Å². The maximum Gasteiger partial charge on any atom is 0.323 e. The lowest BCUT2D eigenvalue weighted by Gasteiger charge is -2.38. The molecule has 3 heterocycles. The molecule has 1 aromatic heterocycles. The molecule has 2 saturated heterocycles. The Morgan fingerprint density at radius 3 is 2.75 bits per heavy atom. The van der Waals surface area contributed by atoms with Gasteiger partial charge in [-0.2, -0.15) is 0 Å². The maximum absolute atomic E-state index is 12.0. The molecule has 0 bridgehead atoms. The number of rotatable bonds is 3. The summed E-state index contributed by atoms with van der Waals surface area (Å²) in [5, 5.41) is 1.13. The molecule has 2 aliphatic rings. The van der Waals surface area contributed by atoms with Crippen molar-refractivity contribution in [3.63, 3.8) is 0 Å². The molecule has 128 valence electrons. The van der Waals surface area contributed by atoms with E-state index in [2.05, 4.69) is 28.0 Å². The van der Waals surface area contributed by atoms with Crippen molar-refractivity contribution in [2.45, 2.75) is 37.8 Å². The number of carbonyl (C=O) groups excluding carboxylic acids is 1. The maximum atomic E-state index is 12.0. The van der Waals surface area contributed by atoms with Crippen LogP contribution in [0.2, 0.25) is 0 Å². The summed E-state index contributed by atoms with van der Waals surface area (Å²) in [4.78, 5) is 21.5. The normalized spacial score (nSPS) is 23.0. The molecule has 5 nitrogen and oxygen atoms in total. The largest absolute Gasteiger partial charge is 0.468 e. The fourth-order valence-electron chi connectivity index (χ4n) is 4.00. The van der Waals surface area contributed by atoms with Crippen LogP contribution in [0.5, 0.6) is 0 Å². The molecule has 0 unspecified atom stereocenters. The number of anilines is 1. The number of carbonyl (C=O) groups is 1. The molecule has 0 N–H and O–H groups in total. The van der Waals surface area contributed by atoms with E-state index in [0.717, 1.165) is 56.0 Å². The fraction of sp³-hybridized carbons (Fsp3) is 0.556. The zero-order valence-corrected chi connectivity index (χ0v) is 14.8. The van der Waals surface area contributed by atoms with Crippen molar-refractivity contribution in [1.82, 2.24) is 9.88 Å². The van der Waals surface area contributed by atoms with Crippen LogP contribution in [0, 0.1) is 0 Å². The van der Waals surface area contributed by atoms with Gasteiger partial charge in [0.1, 0.15) is 6.04 Å². The molecule has 1 atom stereocenters. The Bertz CT molecular complexity index is 691. The first kappa shape index (κ1) is 15.8. The van der Waals surface area contributed by atoms with E-state index in [1.165, 1.54) is 11.8 Å². The van der Waals surface area contributed by atoms with Crippen molar-refractivity contribution in [3.05, 3.63) is 24.3 Å². The zero-order chi connectivity index (χ0) is 16.5. The highest BCUT2D eigenvalue weighted by molar-refractivity contribution is 7.22. The number of likely N-dealkylation sites (tertiary alicyclic amines) is 1. The molecular weight excluding hydrogens is 322 g/mol. The Morgan fingerprint density at radius 2 is 2.00 bits per heavy atom. The number of fused-ring (bicyclic) bond motifs is 1. The van der Waals surface area contributed by atoms with Crippen LogP contribution in [0.15, 0.2) is 24.3 Å². The first-order valence-corrected chi connectivity index (χ1v) is 9.52. The van der Waals surface area contributed by atoms with Gasteiger partial charge in [-0.15, -0.1) is 0 Å². The Kier molecular flexibility index (Phi) is 4.41. The van der Waals surface area contributed by atoms with Gasteiger partial charge in [0.05, 0.1) is 17.3 Å². The van der Waals surface area contributed by atoms with Gasteiger partial charge in [0.25, 0.3) is 0 Å². The summed E-state index contributed by atoms with van der Waals surface area (Å²) < 4.78 is 6.23. The summed E-state index contributed by atoms with van der Waals surface area (Å²) in [6.07, 6.45) is 4.20. The van der Waals surface area contributed by atoms with Gasteiger partial charge in [-0.05, 0) is 44.4 Å². The minimum Gasteiger partial charge on any atom is -0.468 e. The lowest BCUT2D eigenvalue weighted by atomic mass is 10.0. The van der Waals surface area contributed by atoms with Gasteiger partial charge in [0, 0.05) is 19.1 Å². The van der Waals surface area contributed by atoms with E-state index in [-0.39, 0.29) is 12.0 Å². The standard InChI is InChI=1S/C18H23N3O2S/c1-23-17(22)15-6-4-10-21(15)13-8-11-20(12-9-13)18-19-14-5-2-3-7-16(14)24-18/h2-3,5,7,13,15H,4,6,8-12H2,1H3/t15-/m0/s1. The highest BCUT2D eigenvalue weighted by atomic mass is 32.1. The monoisotopic (exact) mass is 345 g/mol. The van der Waals surface area contributed by atoms with Gasteiger partial charge in [-0.1, -0.05) is 23.5 Å². The Hall–Kier alpha value is -1.66. The van der Waals surface area contributed by atoms with Crippen LogP contribution in [0.1, 0.15) is 25.7 Å². The van der Waals surface area contributed by atoms with Gasteiger partial charge in [0.15, 0.2) is 5.13 Å². The summed E-state index contributed by atoms with van der Waals surface area (Å²) in [7, 11) is 1.49. The molecular formula is C18H23N3O2S. The third-order valence-corrected chi connectivity index (χ3v) is 6.35. The molecule has 24 heavy (non-hydrogen) atoms. The van der Waals surface area contributed by atoms with E-state index in [1.807, 2.05) is 6.07 Å². The predicted molar refractivity (Wildman–Crippen MR) is 96.6 cm³/mol. The average Bonchev–Trinajstić information content (AvgIpc) is 3.28. The zero-order valence-electron chi connectivity index (χ0n) is 14.0. The summed E-state index contributed by atoms with van der Waals surface area (Å²) in [5.41, 5.74) is 1.09. The molecule has 2 fully saturated rings. The third-order valence-electron chi connectivity index (χ3n) is 5.25. The second kappa shape index (κ2) is 6.69. The highest BCUT2D eigenvalue weighted by Crippen LogP contribution is 2.32. The van der Waals surface area contributed by atoms with Crippen LogP contribution in [0.25, 0.3) is 10.2 Å². The number of aromatic nitrogens is 1. The van der Waals surface area contributed by atoms with Gasteiger partial charge >= 0.3 is 5.97 Å². The molecule has 0 spiro atoms. The van der Waals surface area contributed by atoms with E-state index in [1.54, 1.807) is 11.3 Å². The number of para-hydroxylation sites is 1. The van der Waals surface area contributed by atoms with Crippen LogP contribution in [0.3, 0.4) is 0 Å². The van der Waals surface area contributed by atoms with E-state index in [4.69, 9.17) is 9.72 Å². The number of methoxy groups -OCH3 is 1. The Balaban J connectivity index is 1.42. The molecule has 6 heteroatoms. The summed E-state index contributed by atoms with van der Waals surface area (Å²) in [5.74, 6) is -0.0684. The quantitative estimate of drug-likeness (QED) is 0.801. The second-order valence-corrected chi connectivity index (χ2v) is 7.61. The molecule has 0 radical (unpaired) electrons. The lowest BCUT2D eigenvalue weighted by molar-refractivity contribution is -0.146. The van der Waals surface area contributed by atoms with Gasteiger partial charge in [0.2, 0.25) is 0 Å². The van der Waals surface area contributed by atoms with Crippen molar-refractivity contribution in [2.75, 3.05) is 31.6 Å². The van der Waals surface area contributed by atoms with Crippen molar-refractivity contribution in [2.24, 2.45) is 0 Å². The van der Waals surface area contributed by atoms with Crippen LogP contribution >= 0.6 is 11.3 Å². The van der Waals surface area contributed by atoms with Crippen LogP contribution in [-0.4, -0.2) is 54.7 Å². The second-order valence-electron chi connectivity index (χ2n) is 6.60. The minimum atomic E-state index is -0.0684. The predicted octanol–water partition coefficient (Wildman–Crippen LogP) is 2.90. The topological polar surface area (TPSA) is 45.7 Å². The fourth-order valence-corrected chi connectivity index (χ4v) is 5.02. The number of piperidine rings is 1. The molecule has 0 aliphatic carbocycles.